The first-order valence-corrected chi connectivity index (χ1v) is 9.58. The van der Waals surface area contributed by atoms with Crippen molar-refractivity contribution in [2.45, 2.75) is 20.3 Å². The van der Waals surface area contributed by atoms with Gasteiger partial charge < -0.3 is 19.7 Å². The van der Waals surface area contributed by atoms with Crippen LogP contribution in [0.25, 0.3) is 0 Å². The number of fused-ring (bicyclic) bond motifs is 1. The maximum Gasteiger partial charge on any atom is 0.229 e. The van der Waals surface area contributed by atoms with Crippen molar-refractivity contribution < 1.29 is 19.1 Å². The Morgan fingerprint density at radius 2 is 1.89 bits per heavy atom. The molecule has 1 N–H and O–H groups in total. The van der Waals surface area contributed by atoms with Crippen LogP contribution >= 0.6 is 11.6 Å². The number of rotatable bonds is 3. The van der Waals surface area contributed by atoms with Gasteiger partial charge in [-0.2, -0.15) is 0 Å². The highest BCUT2D eigenvalue weighted by molar-refractivity contribution is 6.34. The molecule has 2 aromatic rings. The summed E-state index contributed by atoms with van der Waals surface area (Å²) in [4.78, 5) is 26.9. The van der Waals surface area contributed by atoms with Crippen molar-refractivity contribution in [1.82, 2.24) is 0 Å². The van der Waals surface area contributed by atoms with Crippen molar-refractivity contribution in [2.24, 2.45) is 5.92 Å². The molecular weight excluding hydrogens is 380 g/mol. The molecule has 1 fully saturated rings. The zero-order chi connectivity index (χ0) is 19.8. The van der Waals surface area contributed by atoms with Crippen LogP contribution in [-0.4, -0.2) is 31.6 Å². The first kappa shape index (κ1) is 18.6. The lowest BCUT2D eigenvalue weighted by molar-refractivity contribution is -0.122. The van der Waals surface area contributed by atoms with Crippen LogP contribution in [0.4, 0.5) is 11.4 Å². The topological polar surface area (TPSA) is 67.9 Å². The molecule has 2 aliphatic heterocycles. The average Bonchev–Trinajstić information content (AvgIpc) is 3.06. The van der Waals surface area contributed by atoms with E-state index in [-0.39, 0.29) is 18.2 Å². The van der Waals surface area contributed by atoms with E-state index in [9.17, 15) is 9.59 Å². The average molecular weight is 401 g/mol. The van der Waals surface area contributed by atoms with Gasteiger partial charge in [-0.1, -0.05) is 17.7 Å². The van der Waals surface area contributed by atoms with Crippen molar-refractivity contribution in [3.05, 3.63) is 46.5 Å². The number of aryl methyl sites for hydroxylation is 2. The summed E-state index contributed by atoms with van der Waals surface area (Å²) >= 11 is 6.29. The van der Waals surface area contributed by atoms with Crippen LogP contribution in [0.5, 0.6) is 11.5 Å². The van der Waals surface area contributed by atoms with E-state index in [1.165, 1.54) is 0 Å². The third-order valence-corrected chi connectivity index (χ3v) is 5.31. The van der Waals surface area contributed by atoms with E-state index in [2.05, 4.69) is 5.32 Å². The number of halogens is 1. The van der Waals surface area contributed by atoms with E-state index in [1.807, 2.05) is 32.0 Å². The number of nitrogens with one attached hydrogen (secondary N) is 1. The van der Waals surface area contributed by atoms with Gasteiger partial charge >= 0.3 is 0 Å². The normalized spacial score (nSPS) is 18.3. The minimum absolute atomic E-state index is 0.0939. The molecule has 7 heteroatoms. The number of amides is 2. The molecule has 0 aliphatic carbocycles. The van der Waals surface area contributed by atoms with Gasteiger partial charge in [-0.3, -0.25) is 9.59 Å². The molecule has 0 radical (unpaired) electrons. The van der Waals surface area contributed by atoms with Crippen molar-refractivity contribution >= 4 is 34.8 Å². The highest BCUT2D eigenvalue weighted by Crippen LogP contribution is 2.36. The number of carbonyl (C=O) groups excluding carboxylic acids is 2. The highest BCUT2D eigenvalue weighted by Gasteiger charge is 2.36. The summed E-state index contributed by atoms with van der Waals surface area (Å²) in [6.45, 7) is 5.15. The molecule has 1 saturated heterocycles. The van der Waals surface area contributed by atoms with Crippen LogP contribution in [0.15, 0.2) is 30.3 Å². The SMILES string of the molecule is Cc1cc(C)c(NC(=O)[C@@H]2CC(=O)N(c3ccc4c(c3)OCCO4)C2)c(Cl)c1. The molecule has 146 valence electrons. The fourth-order valence-corrected chi connectivity index (χ4v) is 4.00. The summed E-state index contributed by atoms with van der Waals surface area (Å²) in [5, 5.41) is 3.39. The molecule has 2 aromatic carbocycles. The lowest BCUT2D eigenvalue weighted by Crippen LogP contribution is -2.28. The number of hydrogen-bond donors (Lipinski definition) is 1. The Kier molecular flexibility index (Phi) is 4.89. The Morgan fingerprint density at radius 3 is 2.64 bits per heavy atom. The molecule has 4 rings (SSSR count). The predicted molar refractivity (Wildman–Crippen MR) is 107 cm³/mol. The van der Waals surface area contributed by atoms with Gasteiger partial charge in [-0.05, 0) is 43.2 Å². The highest BCUT2D eigenvalue weighted by atomic mass is 35.5. The summed E-state index contributed by atoms with van der Waals surface area (Å²) in [6, 6.07) is 9.16. The van der Waals surface area contributed by atoms with Gasteiger partial charge in [0.05, 0.1) is 16.6 Å². The molecule has 2 heterocycles. The Bertz CT molecular complexity index is 936. The van der Waals surface area contributed by atoms with Gasteiger partial charge in [-0.15, -0.1) is 0 Å². The van der Waals surface area contributed by atoms with Crippen molar-refractivity contribution in [2.75, 3.05) is 30.0 Å². The number of benzene rings is 2. The lowest BCUT2D eigenvalue weighted by Gasteiger charge is -2.22. The van der Waals surface area contributed by atoms with Crippen molar-refractivity contribution in [1.29, 1.82) is 0 Å². The van der Waals surface area contributed by atoms with E-state index in [0.717, 1.165) is 11.1 Å². The fraction of sp³-hybridized carbons (Fsp3) is 0.333. The molecule has 1 atom stereocenters. The van der Waals surface area contributed by atoms with E-state index in [4.69, 9.17) is 21.1 Å². The van der Waals surface area contributed by atoms with Crippen LogP contribution in [0.1, 0.15) is 17.5 Å². The molecule has 2 amide bonds. The summed E-state index contributed by atoms with van der Waals surface area (Å²) in [6.07, 6.45) is 0.156. The van der Waals surface area contributed by atoms with Crippen molar-refractivity contribution in [3.8, 4) is 11.5 Å². The van der Waals surface area contributed by atoms with E-state index < -0.39 is 5.92 Å². The van der Waals surface area contributed by atoms with Crippen LogP contribution in [-0.2, 0) is 9.59 Å². The molecule has 0 unspecified atom stereocenters. The summed E-state index contributed by atoms with van der Waals surface area (Å²) in [7, 11) is 0. The minimum Gasteiger partial charge on any atom is -0.486 e. The van der Waals surface area contributed by atoms with Gasteiger partial charge in [-0.25, -0.2) is 0 Å². The predicted octanol–water partition coefficient (Wildman–Crippen LogP) is 3.72. The zero-order valence-corrected chi connectivity index (χ0v) is 16.5. The molecule has 2 aliphatic rings. The molecular formula is C21H21ClN2O4. The molecule has 6 nitrogen and oxygen atoms in total. The molecule has 0 bridgehead atoms. The van der Waals surface area contributed by atoms with Crippen LogP contribution in [0.3, 0.4) is 0 Å². The quantitative estimate of drug-likeness (QED) is 0.852. The number of anilines is 2. The number of carbonyl (C=O) groups is 2. The maximum atomic E-state index is 12.8. The smallest absolute Gasteiger partial charge is 0.229 e. The van der Waals surface area contributed by atoms with Crippen LogP contribution < -0.4 is 19.7 Å². The first-order valence-electron chi connectivity index (χ1n) is 9.20. The van der Waals surface area contributed by atoms with E-state index >= 15 is 0 Å². The second-order valence-corrected chi connectivity index (χ2v) is 7.57. The van der Waals surface area contributed by atoms with E-state index in [0.29, 0.717) is 47.7 Å². The van der Waals surface area contributed by atoms with Gasteiger partial charge in [0.1, 0.15) is 13.2 Å². The third kappa shape index (κ3) is 3.52. The van der Waals surface area contributed by atoms with E-state index in [1.54, 1.807) is 17.0 Å². The molecule has 0 saturated carbocycles. The maximum absolute atomic E-state index is 12.8. The van der Waals surface area contributed by atoms with Gasteiger partial charge in [0.2, 0.25) is 11.8 Å². The third-order valence-electron chi connectivity index (χ3n) is 5.01. The summed E-state index contributed by atoms with van der Waals surface area (Å²) in [5.74, 6) is 0.537. The van der Waals surface area contributed by atoms with Gasteiger partial charge in [0.25, 0.3) is 0 Å². The van der Waals surface area contributed by atoms with Gasteiger partial charge in [0, 0.05) is 24.7 Å². The fourth-order valence-electron chi connectivity index (χ4n) is 3.63. The number of ether oxygens (including phenoxy) is 2. The Hall–Kier alpha value is -2.73. The second kappa shape index (κ2) is 7.36. The number of nitrogens with zero attached hydrogens (tertiary/aromatic N) is 1. The Balaban J connectivity index is 1.50. The van der Waals surface area contributed by atoms with Gasteiger partial charge in [0.15, 0.2) is 11.5 Å². The summed E-state index contributed by atoms with van der Waals surface area (Å²) < 4.78 is 11.1. The molecule has 0 aromatic heterocycles. The second-order valence-electron chi connectivity index (χ2n) is 7.16. The summed E-state index contributed by atoms with van der Waals surface area (Å²) in [5.41, 5.74) is 3.23. The molecule has 28 heavy (non-hydrogen) atoms. The largest absolute Gasteiger partial charge is 0.486 e. The van der Waals surface area contributed by atoms with Crippen molar-refractivity contribution in [3.63, 3.8) is 0 Å². The monoisotopic (exact) mass is 400 g/mol. The Morgan fingerprint density at radius 1 is 1.14 bits per heavy atom. The standard InChI is InChI=1S/C21H21ClN2O4/c1-12-7-13(2)20(16(22)8-12)23-21(26)14-9-19(25)24(11-14)15-3-4-17-18(10-15)28-6-5-27-17/h3-4,7-8,10,14H,5-6,9,11H2,1-2H3,(H,23,26)/t14-/m1/s1. The Labute approximate surface area is 168 Å². The van der Waals surface area contributed by atoms with Crippen LogP contribution in [0, 0.1) is 19.8 Å². The van der Waals surface area contributed by atoms with Crippen LogP contribution in [0.2, 0.25) is 5.02 Å². The first-order chi connectivity index (χ1) is 13.4. The lowest BCUT2D eigenvalue weighted by atomic mass is 10.1. The molecule has 0 spiro atoms. The zero-order valence-electron chi connectivity index (χ0n) is 15.8. The number of hydrogen-bond acceptors (Lipinski definition) is 4. The minimum atomic E-state index is -0.447.